The maximum Gasteiger partial charge on any atom is 0.310 e. The third-order valence-electron chi connectivity index (χ3n) is 3.52. The van der Waals surface area contributed by atoms with E-state index in [2.05, 4.69) is 6.26 Å². The summed E-state index contributed by atoms with van der Waals surface area (Å²) in [5.74, 6) is 0.533. The van der Waals surface area contributed by atoms with E-state index in [1.807, 2.05) is 24.3 Å². The summed E-state index contributed by atoms with van der Waals surface area (Å²) in [5, 5.41) is 0. The summed E-state index contributed by atoms with van der Waals surface area (Å²) in [5.41, 5.74) is 1.89. The van der Waals surface area contributed by atoms with E-state index in [0.29, 0.717) is 25.1 Å². The van der Waals surface area contributed by atoms with Crippen molar-refractivity contribution in [2.24, 2.45) is 5.92 Å². The molecule has 5 heteroatoms. The molecule has 1 aromatic carbocycles. The van der Waals surface area contributed by atoms with E-state index in [0.717, 1.165) is 5.75 Å². The number of carbonyl (C=O) groups is 2. The van der Waals surface area contributed by atoms with E-state index in [9.17, 15) is 9.59 Å². The summed E-state index contributed by atoms with van der Waals surface area (Å²) in [6.07, 6.45) is 2.74. The first-order chi connectivity index (χ1) is 9.65. The molecule has 0 saturated carbocycles. The Morgan fingerprint density at radius 3 is 2.65 bits per heavy atom. The van der Waals surface area contributed by atoms with Crippen LogP contribution in [0, 0.1) is 5.92 Å². The lowest BCUT2D eigenvalue weighted by Gasteiger charge is -2.16. The molecule has 20 heavy (non-hydrogen) atoms. The quantitative estimate of drug-likeness (QED) is 0.798. The highest BCUT2D eigenvalue weighted by Crippen LogP contribution is 2.20. The second kappa shape index (κ2) is 6.79. The average Bonchev–Trinajstić information content (AvgIpc) is 2.96. The number of benzene rings is 1. The molecule has 1 unspecified atom stereocenters. The Bertz CT molecular complexity index is 486. The lowest BCUT2D eigenvalue weighted by Crippen LogP contribution is -2.30. The van der Waals surface area contributed by atoms with Crippen LogP contribution in [0.4, 0.5) is 0 Å². The van der Waals surface area contributed by atoms with Crippen LogP contribution in [0.15, 0.2) is 24.3 Å². The van der Waals surface area contributed by atoms with Gasteiger partial charge in [-0.05, 0) is 30.4 Å². The van der Waals surface area contributed by atoms with Crippen molar-refractivity contribution in [1.29, 1.82) is 0 Å². The van der Waals surface area contributed by atoms with Gasteiger partial charge in [-0.1, -0.05) is 12.1 Å². The SMILES string of the molecule is COC(=O)C1CCN(C(=O)c2ccc(CSC)cc2)C1. The number of thioether (sulfide) groups is 1. The molecule has 0 aliphatic carbocycles. The van der Waals surface area contributed by atoms with Gasteiger partial charge in [-0.15, -0.1) is 0 Å². The van der Waals surface area contributed by atoms with E-state index in [1.165, 1.54) is 12.7 Å². The highest BCUT2D eigenvalue weighted by Gasteiger charge is 2.31. The van der Waals surface area contributed by atoms with Gasteiger partial charge in [0.2, 0.25) is 0 Å². The zero-order valence-corrected chi connectivity index (χ0v) is 12.6. The standard InChI is InChI=1S/C15H19NO3S/c1-19-15(18)13-7-8-16(9-13)14(17)12-5-3-11(4-6-12)10-20-2/h3-6,13H,7-10H2,1-2H3. The predicted molar refractivity (Wildman–Crippen MR) is 79.7 cm³/mol. The number of methoxy groups -OCH3 is 1. The second-order valence-electron chi connectivity index (χ2n) is 4.89. The summed E-state index contributed by atoms with van der Waals surface area (Å²) in [6, 6.07) is 7.69. The average molecular weight is 293 g/mol. The van der Waals surface area contributed by atoms with Crippen molar-refractivity contribution >= 4 is 23.6 Å². The number of carbonyl (C=O) groups excluding carboxylic acids is 2. The molecule has 1 aliphatic heterocycles. The minimum absolute atomic E-state index is 0.00731. The van der Waals surface area contributed by atoms with Gasteiger partial charge in [0.05, 0.1) is 13.0 Å². The highest BCUT2D eigenvalue weighted by atomic mass is 32.2. The van der Waals surface area contributed by atoms with Gasteiger partial charge in [0.1, 0.15) is 0 Å². The number of hydrogen-bond acceptors (Lipinski definition) is 4. The fourth-order valence-corrected chi connectivity index (χ4v) is 2.92. The van der Waals surface area contributed by atoms with Gasteiger partial charge in [0, 0.05) is 24.4 Å². The number of likely N-dealkylation sites (tertiary alicyclic amines) is 1. The van der Waals surface area contributed by atoms with E-state index in [4.69, 9.17) is 4.74 Å². The summed E-state index contributed by atoms with van der Waals surface area (Å²) >= 11 is 1.75. The minimum Gasteiger partial charge on any atom is -0.469 e. The Morgan fingerprint density at radius 1 is 1.35 bits per heavy atom. The summed E-state index contributed by atoms with van der Waals surface area (Å²) < 4.78 is 4.73. The molecule has 108 valence electrons. The smallest absolute Gasteiger partial charge is 0.310 e. The van der Waals surface area contributed by atoms with Crippen LogP contribution < -0.4 is 0 Å². The molecule has 2 rings (SSSR count). The highest BCUT2D eigenvalue weighted by molar-refractivity contribution is 7.97. The number of nitrogens with zero attached hydrogens (tertiary/aromatic N) is 1. The first-order valence-corrected chi connectivity index (χ1v) is 8.00. The van der Waals surface area contributed by atoms with Gasteiger partial charge in [-0.3, -0.25) is 9.59 Å². The Hall–Kier alpha value is -1.49. The zero-order valence-electron chi connectivity index (χ0n) is 11.8. The van der Waals surface area contributed by atoms with Crippen LogP contribution in [-0.2, 0) is 15.3 Å². The first kappa shape index (κ1) is 14.9. The van der Waals surface area contributed by atoms with Crippen molar-refractivity contribution in [2.75, 3.05) is 26.5 Å². The third-order valence-corrected chi connectivity index (χ3v) is 4.14. The Kier molecular flexibility index (Phi) is 5.06. The molecule has 0 spiro atoms. The lowest BCUT2D eigenvalue weighted by molar-refractivity contribution is -0.144. The molecule has 1 heterocycles. The molecule has 0 N–H and O–H groups in total. The topological polar surface area (TPSA) is 46.6 Å². The van der Waals surface area contributed by atoms with Gasteiger partial charge in [0.25, 0.3) is 5.91 Å². The second-order valence-corrected chi connectivity index (χ2v) is 5.76. The maximum absolute atomic E-state index is 12.3. The van der Waals surface area contributed by atoms with Crippen LogP contribution in [-0.4, -0.2) is 43.2 Å². The molecule has 0 aromatic heterocycles. The van der Waals surface area contributed by atoms with Gasteiger partial charge in [-0.25, -0.2) is 0 Å². The lowest BCUT2D eigenvalue weighted by atomic mass is 10.1. The van der Waals surface area contributed by atoms with Gasteiger partial charge in [-0.2, -0.15) is 11.8 Å². The minimum atomic E-state index is -0.226. The maximum atomic E-state index is 12.3. The molecule has 0 radical (unpaired) electrons. The molecule has 0 bridgehead atoms. The molecular weight excluding hydrogens is 274 g/mol. The zero-order chi connectivity index (χ0) is 14.5. The summed E-state index contributed by atoms with van der Waals surface area (Å²) in [7, 11) is 1.39. The van der Waals surface area contributed by atoms with Gasteiger partial charge < -0.3 is 9.64 Å². The van der Waals surface area contributed by atoms with E-state index in [1.54, 1.807) is 16.7 Å². The van der Waals surface area contributed by atoms with Crippen molar-refractivity contribution in [1.82, 2.24) is 4.90 Å². The monoisotopic (exact) mass is 293 g/mol. The molecule has 4 nitrogen and oxygen atoms in total. The van der Waals surface area contributed by atoms with Gasteiger partial charge >= 0.3 is 5.97 Å². The number of esters is 1. The molecular formula is C15H19NO3S. The number of ether oxygens (including phenoxy) is 1. The van der Waals surface area contributed by atoms with Crippen LogP contribution in [0.1, 0.15) is 22.3 Å². The number of amides is 1. The Labute approximate surface area is 123 Å². The molecule has 1 fully saturated rings. The van der Waals surface area contributed by atoms with Crippen LogP contribution in [0.25, 0.3) is 0 Å². The van der Waals surface area contributed by atoms with Crippen molar-refractivity contribution in [3.8, 4) is 0 Å². The molecule has 1 atom stereocenters. The van der Waals surface area contributed by atoms with Crippen molar-refractivity contribution in [3.63, 3.8) is 0 Å². The van der Waals surface area contributed by atoms with Crippen molar-refractivity contribution in [3.05, 3.63) is 35.4 Å². The van der Waals surface area contributed by atoms with Crippen LogP contribution >= 0.6 is 11.8 Å². The van der Waals surface area contributed by atoms with Gasteiger partial charge in [0.15, 0.2) is 0 Å². The van der Waals surface area contributed by atoms with Crippen LogP contribution in [0.5, 0.6) is 0 Å². The largest absolute Gasteiger partial charge is 0.469 e. The fraction of sp³-hybridized carbons (Fsp3) is 0.467. The summed E-state index contributed by atoms with van der Waals surface area (Å²) in [6.45, 7) is 1.07. The number of hydrogen-bond donors (Lipinski definition) is 0. The molecule has 1 amide bonds. The van der Waals surface area contributed by atoms with Crippen molar-refractivity contribution in [2.45, 2.75) is 12.2 Å². The molecule has 1 saturated heterocycles. The third kappa shape index (κ3) is 3.33. The van der Waals surface area contributed by atoms with Crippen LogP contribution in [0.2, 0.25) is 0 Å². The fourth-order valence-electron chi connectivity index (χ4n) is 2.40. The number of rotatable bonds is 4. The Balaban J connectivity index is 1.99. The summed E-state index contributed by atoms with van der Waals surface area (Å²) in [4.78, 5) is 25.5. The van der Waals surface area contributed by atoms with Crippen LogP contribution in [0.3, 0.4) is 0 Å². The normalized spacial score (nSPS) is 18.1. The van der Waals surface area contributed by atoms with Crippen molar-refractivity contribution < 1.29 is 14.3 Å². The van der Waals surface area contributed by atoms with E-state index < -0.39 is 0 Å². The van der Waals surface area contributed by atoms with E-state index >= 15 is 0 Å². The first-order valence-electron chi connectivity index (χ1n) is 6.60. The Morgan fingerprint density at radius 2 is 2.05 bits per heavy atom. The molecule has 1 aromatic rings. The molecule has 1 aliphatic rings. The van der Waals surface area contributed by atoms with E-state index in [-0.39, 0.29) is 17.8 Å². The predicted octanol–water partition coefficient (Wildman–Crippen LogP) is 2.18.